The summed E-state index contributed by atoms with van der Waals surface area (Å²) in [5.74, 6) is 0.364. The van der Waals surface area contributed by atoms with Gasteiger partial charge in [-0.1, -0.05) is 16.8 Å². The van der Waals surface area contributed by atoms with E-state index in [0.717, 1.165) is 38.1 Å². The van der Waals surface area contributed by atoms with E-state index >= 15 is 0 Å². The second-order valence-electron chi connectivity index (χ2n) is 5.97. The number of hydrogen-bond donors (Lipinski definition) is 3. The predicted octanol–water partition coefficient (Wildman–Crippen LogP) is 1.88. The minimum atomic E-state index is -0.140. The molecule has 0 aromatic carbocycles. The summed E-state index contributed by atoms with van der Waals surface area (Å²) in [4.78, 5) is 19.9. The molecule has 1 unspecified atom stereocenters. The number of amides is 1. The number of carbonyl (C=O) groups excluding carboxylic acids is 1. The lowest BCUT2D eigenvalue weighted by Crippen LogP contribution is -2.43. The molecule has 24 heavy (non-hydrogen) atoms. The number of oxime groups is 1. The molecule has 0 radical (unpaired) electrons. The Bertz CT molecular complexity index is 654. The van der Waals surface area contributed by atoms with Gasteiger partial charge in [0, 0.05) is 25.4 Å². The van der Waals surface area contributed by atoms with Gasteiger partial charge < -0.3 is 20.8 Å². The van der Waals surface area contributed by atoms with E-state index in [9.17, 15) is 4.79 Å². The van der Waals surface area contributed by atoms with Crippen molar-refractivity contribution in [3.05, 3.63) is 21.3 Å². The largest absolute Gasteiger partial charge is 0.390 e. The molecule has 0 bridgehead atoms. The SMILES string of the molecule is N=C(N)N1CCC(C2=NOC(CNC(=O)c3ccc(Cl)s3)C2)CC1. The summed E-state index contributed by atoms with van der Waals surface area (Å²) in [6.45, 7) is 1.98. The van der Waals surface area contributed by atoms with Crippen LogP contribution in [0.4, 0.5) is 0 Å². The highest BCUT2D eigenvalue weighted by molar-refractivity contribution is 7.17. The van der Waals surface area contributed by atoms with Crippen molar-refractivity contribution >= 4 is 40.5 Å². The molecule has 1 amide bonds. The first kappa shape index (κ1) is 17.0. The van der Waals surface area contributed by atoms with Crippen LogP contribution in [-0.2, 0) is 4.84 Å². The molecule has 0 saturated carbocycles. The van der Waals surface area contributed by atoms with Gasteiger partial charge in [0.2, 0.25) is 0 Å². The smallest absolute Gasteiger partial charge is 0.261 e. The number of nitrogens with two attached hydrogens (primary N) is 1. The Labute approximate surface area is 149 Å². The van der Waals surface area contributed by atoms with Crippen LogP contribution in [0.3, 0.4) is 0 Å². The van der Waals surface area contributed by atoms with E-state index in [1.54, 1.807) is 12.1 Å². The molecule has 1 aromatic heterocycles. The highest BCUT2D eigenvalue weighted by atomic mass is 35.5. The summed E-state index contributed by atoms with van der Waals surface area (Å²) in [5, 5.41) is 14.5. The Balaban J connectivity index is 1.42. The lowest BCUT2D eigenvalue weighted by atomic mass is 9.89. The lowest BCUT2D eigenvalue weighted by molar-refractivity contribution is 0.0755. The highest BCUT2D eigenvalue weighted by Gasteiger charge is 2.30. The van der Waals surface area contributed by atoms with Crippen molar-refractivity contribution in [2.45, 2.75) is 25.4 Å². The highest BCUT2D eigenvalue weighted by Crippen LogP contribution is 2.25. The summed E-state index contributed by atoms with van der Waals surface area (Å²) in [5.41, 5.74) is 6.56. The van der Waals surface area contributed by atoms with Gasteiger partial charge in [0.1, 0.15) is 6.10 Å². The number of nitrogens with one attached hydrogen (secondary N) is 2. The molecule has 130 valence electrons. The van der Waals surface area contributed by atoms with E-state index in [0.29, 0.717) is 21.7 Å². The predicted molar refractivity (Wildman–Crippen MR) is 94.8 cm³/mol. The number of hydrogen-bond acceptors (Lipinski definition) is 5. The molecule has 2 aliphatic heterocycles. The zero-order chi connectivity index (χ0) is 17.1. The molecule has 1 saturated heterocycles. The van der Waals surface area contributed by atoms with Gasteiger partial charge >= 0.3 is 0 Å². The fourth-order valence-corrected chi connectivity index (χ4v) is 3.94. The van der Waals surface area contributed by atoms with Gasteiger partial charge in [-0.2, -0.15) is 0 Å². The molecule has 1 aromatic rings. The number of piperidine rings is 1. The van der Waals surface area contributed by atoms with Crippen LogP contribution in [0.1, 0.15) is 28.9 Å². The second-order valence-corrected chi connectivity index (χ2v) is 7.69. The topological polar surface area (TPSA) is 104 Å². The lowest BCUT2D eigenvalue weighted by Gasteiger charge is -2.31. The zero-order valence-corrected chi connectivity index (χ0v) is 14.7. The van der Waals surface area contributed by atoms with Gasteiger partial charge in [-0.15, -0.1) is 11.3 Å². The van der Waals surface area contributed by atoms with Gasteiger partial charge in [0.05, 0.1) is 21.5 Å². The molecule has 3 heterocycles. The van der Waals surface area contributed by atoms with Crippen molar-refractivity contribution in [1.82, 2.24) is 10.2 Å². The van der Waals surface area contributed by atoms with Gasteiger partial charge in [0.15, 0.2) is 5.96 Å². The maximum absolute atomic E-state index is 12.0. The second kappa shape index (κ2) is 7.40. The third-order valence-electron chi connectivity index (χ3n) is 4.35. The van der Waals surface area contributed by atoms with Crippen LogP contribution in [0, 0.1) is 11.3 Å². The number of rotatable bonds is 4. The molecular formula is C15H20ClN5O2S. The molecule has 1 atom stereocenters. The van der Waals surface area contributed by atoms with E-state index < -0.39 is 0 Å². The maximum Gasteiger partial charge on any atom is 0.261 e. The molecule has 3 rings (SSSR count). The van der Waals surface area contributed by atoms with Crippen LogP contribution >= 0.6 is 22.9 Å². The summed E-state index contributed by atoms with van der Waals surface area (Å²) in [6.07, 6.45) is 2.46. The first-order valence-electron chi connectivity index (χ1n) is 7.88. The Morgan fingerprint density at radius 2 is 2.25 bits per heavy atom. The first-order chi connectivity index (χ1) is 11.5. The van der Waals surface area contributed by atoms with Gasteiger partial charge in [-0.05, 0) is 25.0 Å². The van der Waals surface area contributed by atoms with E-state index in [4.69, 9.17) is 27.6 Å². The standard InChI is InChI=1S/C15H20ClN5O2S/c16-13-2-1-12(24-13)14(22)19-8-10-7-11(20-23-10)9-3-5-21(6-4-9)15(17)18/h1-2,9-10H,3-8H2,(H3,17,18)(H,19,22). The Kier molecular flexibility index (Phi) is 5.25. The number of thiophene rings is 1. The van der Waals surface area contributed by atoms with Crippen molar-refractivity contribution in [1.29, 1.82) is 5.41 Å². The summed E-state index contributed by atoms with van der Waals surface area (Å²) < 4.78 is 0.597. The van der Waals surface area contributed by atoms with Crippen molar-refractivity contribution in [2.24, 2.45) is 16.8 Å². The average molecular weight is 370 g/mol. The Morgan fingerprint density at radius 1 is 1.50 bits per heavy atom. The van der Waals surface area contributed by atoms with Crippen LogP contribution in [-0.4, -0.2) is 48.2 Å². The average Bonchev–Trinajstić information content (AvgIpc) is 3.22. The van der Waals surface area contributed by atoms with Crippen molar-refractivity contribution in [2.75, 3.05) is 19.6 Å². The Morgan fingerprint density at radius 3 is 2.88 bits per heavy atom. The number of likely N-dealkylation sites (tertiary alicyclic amines) is 1. The van der Waals surface area contributed by atoms with Crippen molar-refractivity contribution in [3.8, 4) is 0 Å². The third kappa shape index (κ3) is 3.99. The normalized spacial score (nSPS) is 21.3. The number of carbonyl (C=O) groups is 1. The van der Waals surface area contributed by atoms with E-state index in [-0.39, 0.29) is 18.0 Å². The molecule has 4 N–H and O–H groups in total. The molecule has 7 nitrogen and oxygen atoms in total. The van der Waals surface area contributed by atoms with Crippen LogP contribution in [0.2, 0.25) is 4.34 Å². The first-order valence-corrected chi connectivity index (χ1v) is 9.07. The zero-order valence-electron chi connectivity index (χ0n) is 13.1. The van der Waals surface area contributed by atoms with Gasteiger partial charge in [0.25, 0.3) is 5.91 Å². The van der Waals surface area contributed by atoms with Crippen molar-refractivity contribution in [3.63, 3.8) is 0 Å². The molecule has 2 aliphatic rings. The van der Waals surface area contributed by atoms with Crippen LogP contribution < -0.4 is 11.1 Å². The minimum Gasteiger partial charge on any atom is -0.390 e. The molecule has 9 heteroatoms. The summed E-state index contributed by atoms with van der Waals surface area (Å²) in [6, 6.07) is 3.42. The van der Waals surface area contributed by atoms with Gasteiger partial charge in [-0.3, -0.25) is 10.2 Å². The molecule has 1 fully saturated rings. The fraction of sp³-hybridized carbons (Fsp3) is 0.533. The van der Waals surface area contributed by atoms with Crippen LogP contribution in [0.25, 0.3) is 0 Å². The maximum atomic E-state index is 12.0. The monoisotopic (exact) mass is 369 g/mol. The van der Waals surface area contributed by atoms with Crippen molar-refractivity contribution < 1.29 is 9.63 Å². The van der Waals surface area contributed by atoms with Crippen LogP contribution in [0.15, 0.2) is 17.3 Å². The molecule has 0 spiro atoms. The van der Waals surface area contributed by atoms with E-state index in [1.807, 2.05) is 4.90 Å². The van der Waals surface area contributed by atoms with E-state index in [1.165, 1.54) is 11.3 Å². The van der Waals surface area contributed by atoms with E-state index in [2.05, 4.69) is 10.5 Å². The fourth-order valence-electron chi connectivity index (χ4n) is 2.98. The number of halogens is 1. The third-order valence-corrected chi connectivity index (χ3v) is 5.58. The van der Waals surface area contributed by atoms with Gasteiger partial charge in [-0.25, -0.2) is 0 Å². The molecular weight excluding hydrogens is 350 g/mol. The summed E-state index contributed by atoms with van der Waals surface area (Å²) >= 11 is 7.09. The molecule has 0 aliphatic carbocycles. The summed E-state index contributed by atoms with van der Waals surface area (Å²) in [7, 11) is 0. The number of guanidine groups is 1. The Hall–Kier alpha value is -1.80. The van der Waals surface area contributed by atoms with Crippen LogP contribution in [0.5, 0.6) is 0 Å². The quantitative estimate of drug-likeness (QED) is 0.556. The minimum absolute atomic E-state index is 0.120. The number of nitrogens with zero attached hydrogens (tertiary/aromatic N) is 2.